The Kier molecular flexibility index (Phi) is 2.90. The quantitative estimate of drug-likeness (QED) is 0.553. The zero-order chi connectivity index (χ0) is 11.5. The fraction of sp³-hybridized carbons (Fsp3) is 0.333. The maximum atomic E-state index is 11.6. The molecule has 0 bridgehead atoms. The van der Waals surface area contributed by atoms with Gasteiger partial charge in [-0.25, -0.2) is 4.79 Å². The largest absolute Gasteiger partial charge is 0.470 e. The zero-order valence-corrected chi connectivity index (χ0v) is 8.93. The minimum absolute atomic E-state index is 0.222. The van der Waals surface area contributed by atoms with Gasteiger partial charge >= 0.3 is 5.97 Å². The topological polar surface area (TPSA) is 52.6 Å². The SMILES string of the molecule is CCOC(=O)C1Oc2ccccc2CC1=O. The van der Waals surface area contributed by atoms with Gasteiger partial charge in [-0.3, -0.25) is 4.79 Å². The number of hydrogen-bond acceptors (Lipinski definition) is 4. The molecule has 0 spiro atoms. The monoisotopic (exact) mass is 220 g/mol. The van der Waals surface area contributed by atoms with E-state index in [0.29, 0.717) is 5.75 Å². The molecule has 0 N–H and O–H groups in total. The van der Waals surface area contributed by atoms with Gasteiger partial charge in [0.1, 0.15) is 5.75 Å². The number of fused-ring (bicyclic) bond motifs is 1. The minimum Gasteiger partial charge on any atom is -0.470 e. The molecule has 84 valence electrons. The summed E-state index contributed by atoms with van der Waals surface area (Å²) in [5, 5.41) is 0. The number of Topliss-reactive ketones (excluding diaryl/α,β-unsaturated/α-hetero) is 1. The summed E-state index contributed by atoms with van der Waals surface area (Å²) in [7, 11) is 0. The molecule has 0 aliphatic carbocycles. The molecule has 0 saturated carbocycles. The summed E-state index contributed by atoms with van der Waals surface area (Å²) in [4.78, 5) is 23.1. The minimum atomic E-state index is -1.10. The number of ether oxygens (including phenoxy) is 2. The third-order valence-corrected chi connectivity index (χ3v) is 2.38. The van der Waals surface area contributed by atoms with Crippen molar-refractivity contribution in [3.8, 4) is 5.75 Å². The molecule has 1 aliphatic heterocycles. The zero-order valence-electron chi connectivity index (χ0n) is 8.93. The lowest BCUT2D eigenvalue weighted by Crippen LogP contribution is -2.41. The third kappa shape index (κ3) is 1.91. The number of carbonyl (C=O) groups excluding carboxylic acids is 2. The van der Waals surface area contributed by atoms with Crippen LogP contribution in [0.5, 0.6) is 5.75 Å². The maximum Gasteiger partial charge on any atom is 0.355 e. The molecule has 4 nitrogen and oxygen atoms in total. The molecule has 1 aromatic carbocycles. The van der Waals surface area contributed by atoms with E-state index in [2.05, 4.69) is 0 Å². The fourth-order valence-corrected chi connectivity index (χ4v) is 1.64. The summed E-state index contributed by atoms with van der Waals surface area (Å²) in [6.07, 6.45) is -0.880. The lowest BCUT2D eigenvalue weighted by molar-refractivity contribution is -0.156. The number of hydrogen-bond donors (Lipinski definition) is 0. The Morgan fingerprint density at radius 2 is 2.25 bits per heavy atom. The van der Waals surface area contributed by atoms with Crippen LogP contribution in [0.15, 0.2) is 24.3 Å². The van der Waals surface area contributed by atoms with Crippen molar-refractivity contribution < 1.29 is 19.1 Å². The molecule has 0 fully saturated rings. The Hall–Kier alpha value is -1.84. The Morgan fingerprint density at radius 1 is 1.50 bits per heavy atom. The van der Waals surface area contributed by atoms with Crippen LogP contribution in [0, 0.1) is 0 Å². The van der Waals surface area contributed by atoms with Gasteiger partial charge in [-0.2, -0.15) is 0 Å². The number of benzene rings is 1. The molecule has 1 aliphatic rings. The van der Waals surface area contributed by atoms with Crippen molar-refractivity contribution in [2.45, 2.75) is 19.4 Å². The van der Waals surface area contributed by atoms with Crippen LogP contribution in [0.25, 0.3) is 0 Å². The highest BCUT2D eigenvalue weighted by Crippen LogP contribution is 2.25. The molecule has 4 heteroatoms. The first kappa shape index (κ1) is 10.7. The van der Waals surface area contributed by atoms with Gasteiger partial charge in [0, 0.05) is 12.0 Å². The van der Waals surface area contributed by atoms with Crippen LogP contribution in [-0.4, -0.2) is 24.5 Å². The average molecular weight is 220 g/mol. The van der Waals surface area contributed by atoms with Crippen molar-refractivity contribution >= 4 is 11.8 Å². The Bertz CT molecular complexity index is 425. The number of rotatable bonds is 2. The van der Waals surface area contributed by atoms with E-state index in [1.165, 1.54) is 0 Å². The van der Waals surface area contributed by atoms with Crippen LogP contribution < -0.4 is 4.74 Å². The number of esters is 1. The smallest absolute Gasteiger partial charge is 0.355 e. The molecule has 1 heterocycles. The van der Waals surface area contributed by atoms with E-state index in [-0.39, 0.29) is 18.8 Å². The molecule has 1 atom stereocenters. The van der Waals surface area contributed by atoms with Crippen molar-refractivity contribution in [3.63, 3.8) is 0 Å². The van der Waals surface area contributed by atoms with Gasteiger partial charge in [-0.1, -0.05) is 18.2 Å². The summed E-state index contributed by atoms with van der Waals surface area (Å²) in [5.74, 6) is -0.278. The summed E-state index contributed by atoms with van der Waals surface area (Å²) >= 11 is 0. The van der Waals surface area contributed by atoms with Gasteiger partial charge in [0.2, 0.25) is 0 Å². The lowest BCUT2D eigenvalue weighted by Gasteiger charge is -2.23. The number of carbonyl (C=O) groups is 2. The van der Waals surface area contributed by atoms with Crippen molar-refractivity contribution in [1.29, 1.82) is 0 Å². The normalized spacial score (nSPS) is 18.6. The van der Waals surface area contributed by atoms with Gasteiger partial charge in [0.25, 0.3) is 6.10 Å². The number of para-hydroxylation sites is 1. The van der Waals surface area contributed by atoms with E-state index in [9.17, 15) is 9.59 Å². The van der Waals surface area contributed by atoms with Crippen LogP contribution in [-0.2, 0) is 20.7 Å². The summed E-state index contributed by atoms with van der Waals surface area (Å²) in [5.41, 5.74) is 0.813. The van der Waals surface area contributed by atoms with Crippen molar-refractivity contribution in [3.05, 3.63) is 29.8 Å². The van der Waals surface area contributed by atoms with Gasteiger partial charge in [-0.15, -0.1) is 0 Å². The molecular weight excluding hydrogens is 208 g/mol. The maximum absolute atomic E-state index is 11.6. The van der Waals surface area contributed by atoms with Crippen LogP contribution in [0.3, 0.4) is 0 Å². The Morgan fingerprint density at radius 3 is 3.00 bits per heavy atom. The molecule has 16 heavy (non-hydrogen) atoms. The molecule has 0 aromatic heterocycles. The lowest BCUT2D eigenvalue weighted by atomic mass is 10.0. The molecular formula is C12H12O4. The average Bonchev–Trinajstić information content (AvgIpc) is 2.28. The highest BCUT2D eigenvalue weighted by Gasteiger charge is 2.34. The standard InChI is InChI=1S/C12H12O4/c1-2-15-12(14)11-9(13)7-8-5-3-4-6-10(8)16-11/h3-6,11H,2,7H2,1H3. The van der Waals surface area contributed by atoms with Crippen LogP contribution in [0.1, 0.15) is 12.5 Å². The predicted octanol–water partition coefficient (Wildman–Crippen LogP) is 1.12. The third-order valence-electron chi connectivity index (χ3n) is 2.38. The number of ketones is 1. The van der Waals surface area contributed by atoms with E-state index < -0.39 is 12.1 Å². The first-order chi connectivity index (χ1) is 7.72. The molecule has 0 amide bonds. The fourth-order valence-electron chi connectivity index (χ4n) is 1.64. The second kappa shape index (κ2) is 4.35. The first-order valence-corrected chi connectivity index (χ1v) is 5.16. The summed E-state index contributed by atoms with van der Waals surface area (Å²) in [6, 6.07) is 7.19. The highest BCUT2D eigenvalue weighted by atomic mass is 16.6. The van der Waals surface area contributed by atoms with E-state index in [0.717, 1.165) is 5.56 Å². The van der Waals surface area contributed by atoms with Crippen LogP contribution >= 0.6 is 0 Å². The summed E-state index contributed by atoms with van der Waals surface area (Å²) < 4.78 is 10.1. The van der Waals surface area contributed by atoms with Gasteiger partial charge in [-0.05, 0) is 13.0 Å². The summed E-state index contributed by atoms with van der Waals surface area (Å²) in [6.45, 7) is 1.94. The van der Waals surface area contributed by atoms with Crippen molar-refractivity contribution in [1.82, 2.24) is 0 Å². The molecule has 0 radical (unpaired) electrons. The van der Waals surface area contributed by atoms with Crippen LogP contribution in [0.4, 0.5) is 0 Å². The molecule has 1 unspecified atom stereocenters. The Labute approximate surface area is 93.2 Å². The highest BCUT2D eigenvalue weighted by molar-refractivity contribution is 6.04. The van der Waals surface area contributed by atoms with E-state index in [1.807, 2.05) is 12.1 Å². The van der Waals surface area contributed by atoms with Crippen LogP contribution in [0.2, 0.25) is 0 Å². The second-order valence-electron chi connectivity index (χ2n) is 3.50. The van der Waals surface area contributed by atoms with E-state index in [4.69, 9.17) is 9.47 Å². The molecule has 1 aromatic rings. The molecule has 2 rings (SSSR count). The van der Waals surface area contributed by atoms with Gasteiger partial charge in [0.05, 0.1) is 6.61 Å². The Balaban J connectivity index is 2.21. The van der Waals surface area contributed by atoms with E-state index in [1.54, 1.807) is 19.1 Å². The first-order valence-electron chi connectivity index (χ1n) is 5.16. The van der Waals surface area contributed by atoms with Crippen molar-refractivity contribution in [2.24, 2.45) is 0 Å². The predicted molar refractivity (Wildman–Crippen MR) is 56.2 cm³/mol. The van der Waals surface area contributed by atoms with Gasteiger partial charge < -0.3 is 9.47 Å². The van der Waals surface area contributed by atoms with E-state index >= 15 is 0 Å². The second-order valence-corrected chi connectivity index (χ2v) is 3.50. The van der Waals surface area contributed by atoms with Crippen molar-refractivity contribution in [2.75, 3.05) is 6.61 Å². The van der Waals surface area contributed by atoms with Gasteiger partial charge in [0.15, 0.2) is 5.78 Å². The molecule has 0 saturated heterocycles.